The Kier molecular flexibility index (Phi) is 4.33. The first-order chi connectivity index (χ1) is 7.93. The number of methoxy groups -OCH3 is 1. The number of carbonyl (C=O) groups excluding carboxylic acids is 1. The van der Waals surface area contributed by atoms with Gasteiger partial charge in [0.1, 0.15) is 16.7 Å². The van der Waals surface area contributed by atoms with E-state index in [4.69, 9.17) is 18.0 Å². The van der Waals surface area contributed by atoms with Crippen molar-refractivity contribution in [2.75, 3.05) is 12.4 Å². The number of aryl methyl sites for hydroxylation is 1. The van der Waals surface area contributed by atoms with E-state index in [2.05, 4.69) is 20.0 Å². The van der Waals surface area contributed by atoms with E-state index in [1.807, 2.05) is 0 Å². The van der Waals surface area contributed by atoms with Gasteiger partial charge in [-0.1, -0.05) is 12.2 Å². The van der Waals surface area contributed by atoms with Crippen molar-refractivity contribution in [1.29, 1.82) is 0 Å². The average Bonchev–Trinajstić information content (AvgIpc) is 2.26. The molecule has 0 bridgehead atoms. The Morgan fingerprint density at radius 3 is 2.76 bits per heavy atom. The Balaban J connectivity index is 2.91. The molecule has 1 rings (SSSR count). The van der Waals surface area contributed by atoms with Gasteiger partial charge in [0.15, 0.2) is 0 Å². The summed E-state index contributed by atoms with van der Waals surface area (Å²) in [6.45, 7) is 3.44. The predicted molar refractivity (Wildman–Crippen MR) is 67.8 cm³/mol. The van der Waals surface area contributed by atoms with Gasteiger partial charge in [-0.3, -0.25) is 0 Å². The third kappa shape index (κ3) is 3.63. The van der Waals surface area contributed by atoms with Crippen LogP contribution in [0.1, 0.15) is 18.3 Å². The molecule has 0 aliphatic heterocycles. The van der Waals surface area contributed by atoms with Crippen LogP contribution in [-0.2, 0) is 9.53 Å². The summed E-state index contributed by atoms with van der Waals surface area (Å²) >= 11 is 4.84. The highest BCUT2D eigenvalue weighted by Crippen LogP contribution is 2.06. The highest BCUT2D eigenvalue weighted by atomic mass is 32.1. The van der Waals surface area contributed by atoms with E-state index in [1.165, 1.54) is 7.11 Å². The molecule has 0 amide bonds. The summed E-state index contributed by atoms with van der Waals surface area (Å²) in [5.41, 5.74) is 6.67. The van der Waals surface area contributed by atoms with Crippen molar-refractivity contribution in [3.8, 4) is 0 Å². The number of carbonyl (C=O) groups is 1. The van der Waals surface area contributed by atoms with Crippen molar-refractivity contribution < 1.29 is 9.53 Å². The van der Waals surface area contributed by atoms with Gasteiger partial charge in [-0.2, -0.15) is 0 Å². The number of ether oxygens (including phenoxy) is 1. The fourth-order valence-corrected chi connectivity index (χ4v) is 1.29. The van der Waals surface area contributed by atoms with Crippen molar-refractivity contribution in [2.24, 2.45) is 5.73 Å². The second-order valence-electron chi connectivity index (χ2n) is 3.47. The van der Waals surface area contributed by atoms with Crippen LogP contribution in [0.3, 0.4) is 0 Å². The van der Waals surface area contributed by atoms with Gasteiger partial charge in [-0.15, -0.1) is 0 Å². The largest absolute Gasteiger partial charge is 0.467 e. The zero-order chi connectivity index (χ0) is 13.0. The van der Waals surface area contributed by atoms with E-state index in [1.54, 1.807) is 19.9 Å². The second kappa shape index (κ2) is 5.53. The molecule has 17 heavy (non-hydrogen) atoms. The Morgan fingerprint density at radius 2 is 2.24 bits per heavy atom. The van der Waals surface area contributed by atoms with Crippen LogP contribution >= 0.6 is 12.2 Å². The summed E-state index contributed by atoms with van der Waals surface area (Å²) < 4.78 is 4.58. The third-order valence-corrected chi connectivity index (χ3v) is 2.22. The van der Waals surface area contributed by atoms with Crippen molar-refractivity contribution in [3.63, 3.8) is 0 Å². The Morgan fingerprint density at radius 1 is 1.59 bits per heavy atom. The van der Waals surface area contributed by atoms with Gasteiger partial charge in [-0.05, 0) is 19.9 Å². The number of aromatic nitrogens is 2. The van der Waals surface area contributed by atoms with Crippen LogP contribution in [0, 0.1) is 6.92 Å². The van der Waals surface area contributed by atoms with E-state index in [-0.39, 0.29) is 4.99 Å². The zero-order valence-electron chi connectivity index (χ0n) is 9.85. The van der Waals surface area contributed by atoms with Crippen LogP contribution < -0.4 is 11.1 Å². The van der Waals surface area contributed by atoms with Gasteiger partial charge < -0.3 is 15.8 Å². The molecule has 0 fully saturated rings. The molecule has 1 heterocycles. The van der Waals surface area contributed by atoms with Crippen LogP contribution in [0.2, 0.25) is 0 Å². The topological polar surface area (TPSA) is 90.1 Å². The third-order valence-electron chi connectivity index (χ3n) is 2.01. The van der Waals surface area contributed by atoms with Gasteiger partial charge in [0, 0.05) is 5.69 Å². The van der Waals surface area contributed by atoms with Crippen LogP contribution in [0.25, 0.3) is 0 Å². The van der Waals surface area contributed by atoms with Crippen molar-refractivity contribution in [3.05, 3.63) is 17.5 Å². The molecule has 7 heteroatoms. The molecule has 1 unspecified atom stereocenters. The molecule has 6 nitrogen and oxygen atoms in total. The van der Waals surface area contributed by atoms with Gasteiger partial charge in [-0.25, -0.2) is 14.8 Å². The van der Waals surface area contributed by atoms with Gasteiger partial charge in [0.05, 0.1) is 7.11 Å². The number of nitrogens with two attached hydrogens (primary N) is 1. The number of nitrogens with zero attached hydrogens (tertiary/aromatic N) is 2. The van der Waals surface area contributed by atoms with Crippen LogP contribution in [0.15, 0.2) is 6.07 Å². The maximum atomic E-state index is 11.2. The van der Waals surface area contributed by atoms with Crippen molar-refractivity contribution in [2.45, 2.75) is 19.9 Å². The second-order valence-corrected chi connectivity index (χ2v) is 3.91. The van der Waals surface area contributed by atoms with Crippen LogP contribution in [0.5, 0.6) is 0 Å². The van der Waals surface area contributed by atoms with E-state index >= 15 is 0 Å². The lowest BCUT2D eigenvalue weighted by molar-refractivity contribution is -0.141. The van der Waals surface area contributed by atoms with Crippen molar-refractivity contribution >= 4 is 29.1 Å². The number of nitrogens with one attached hydrogen (secondary N) is 1. The maximum absolute atomic E-state index is 11.2. The van der Waals surface area contributed by atoms with E-state index < -0.39 is 12.0 Å². The predicted octanol–water partition coefficient (Wildman–Crippen LogP) is 0.393. The summed E-state index contributed by atoms with van der Waals surface area (Å²) in [4.78, 5) is 19.6. The first-order valence-corrected chi connectivity index (χ1v) is 5.34. The number of rotatable bonds is 4. The first kappa shape index (κ1) is 13.3. The highest BCUT2D eigenvalue weighted by Gasteiger charge is 2.14. The van der Waals surface area contributed by atoms with Gasteiger partial charge >= 0.3 is 5.97 Å². The lowest BCUT2D eigenvalue weighted by atomic mass is 10.3. The van der Waals surface area contributed by atoms with Crippen molar-refractivity contribution in [1.82, 2.24) is 9.97 Å². The summed E-state index contributed by atoms with van der Waals surface area (Å²) in [7, 11) is 1.32. The lowest BCUT2D eigenvalue weighted by Crippen LogP contribution is -2.28. The molecule has 0 aromatic carbocycles. The molecule has 3 N–H and O–H groups in total. The van der Waals surface area contributed by atoms with E-state index in [0.717, 1.165) is 0 Å². The minimum absolute atomic E-state index is 0.185. The Hall–Kier alpha value is -1.76. The van der Waals surface area contributed by atoms with Gasteiger partial charge in [0.25, 0.3) is 0 Å². The molecule has 1 aromatic heterocycles. The first-order valence-electron chi connectivity index (χ1n) is 4.94. The summed E-state index contributed by atoms with van der Waals surface area (Å²) in [6.07, 6.45) is 0. The molecule has 0 spiro atoms. The Bertz CT molecular complexity index is 450. The summed E-state index contributed by atoms with van der Waals surface area (Å²) in [6, 6.07) is 1.14. The molecule has 0 radical (unpaired) electrons. The van der Waals surface area contributed by atoms with E-state index in [9.17, 15) is 4.79 Å². The minimum atomic E-state index is -0.541. The number of anilines is 1. The number of esters is 1. The molecular formula is C10H14N4O2S. The molecule has 0 saturated heterocycles. The monoisotopic (exact) mass is 254 g/mol. The molecule has 92 valence electrons. The molecule has 0 aliphatic rings. The average molecular weight is 254 g/mol. The smallest absolute Gasteiger partial charge is 0.328 e. The van der Waals surface area contributed by atoms with Crippen LogP contribution in [-0.4, -0.2) is 34.1 Å². The molecule has 0 aliphatic carbocycles. The molecule has 1 atom stereocenters. The number of hydrogen-bond donors (Lipinski definition) is 2. The highest BCUT2D eigenvalue weighted by molar-refractivity contribution is 7.80. The lowest BCUT2D eigenvalue weighted by Gasteiger charge is -2.12. The Labute approximate surface area is 105 Å². The fraction of sp³-hybridized carbons (Fsp3) is 0.400. The zero-order valence-corrected chi connectivity index (χ0v) is 10.7. The number of thiocarbonyl (C=S) groups is 1. The summed E-state index contributed by atoms with van der Waals surface area (Å²) in [5.74, 6) is -0.0994. The maximum Gasteiger partial charge on any atom is 0.328 e. The number of hydrogen-bond acceptors (Lipinski definition) is 6. The molecular weight excluding hydrogens is 240 g/mol. The normalized spacial score (nSPS) is 11.7. The van der Waals surface area contributed by atoms with Gasteiger partial charge in [0.2, 0.25) is 5.95 Å². The minimum Gasteiger partial charge on any atom is -0.467 e. The van der Waals surface area contributed by atoms with E-state index in [0.29, 0.717) is 17.3 Å². The fourth-order valence-electron chi connectivity index (χ4n) is 1.19. The quantitative estimate of drug-likeness (QED) is 0.593. The molecule has 0 saturated carbocycles. The molecule has 1 aromatic rings. The summed E-state index contributed by atoms with van der Waals surface area (Å²) in [5, 5.41) is 2.82. The SMILES string of the molecule is COC(=O)C(C)Nc1nc(C)cc(C(N)=S)n1. The van der Waals surface area contributed by atoms with Crippen LogP contribution in [0.4, 0.5) is 5.95 Å². The standard InChI is InChI=1S/C10H14N4O2S/c1-5-4-7(8(11)17)14-10(12-5)13-6(2)9(15)16-3/h4,6H,1-3H3,(H2,11,17)(H,12,13,14).